The molecule has 6 heteroatoms. The average Bonchev–Trinajstić information content (AvgIpc) is 2.76. The molecule has 3 rings (SSSR count). The van der Waals surface area contributed by atoms with Crippen LogP contribution in [0.2, 0.25) is 0 Å². The van der Waals surface area contributed by atoms with Crippen molar-refractivity contribution in [2.75, 3.05) is 39.8 Å². The predicted molar refractivity (Wildman–Crippen MR) is 117 cm³/mol. The summed E-state index contributed by atoms with van der Waals surface area (Å²) in [5, 5.41) is 3.99. The number of nitrogens with zero attached hydrogens (tertiary/aromatic N) is 3. The SMILES string of the molecule is COc1ccccc1/C=C/C=N/NC(=O)CN1CCN(Cc2ccccc2)CC1. The van der Waals surface area contributed by atoms with Gasteiger partial charge in [0.2, 0.25) is 0 Å². The van der Waals surface area contributed by atoms with Gasteiger partial charge in [0.1, 0.15) is 5.75 Å². The molecule has 0 radical (unpaired) electrons. The van der Waals surface area contributed by atoms with Gasteiger partial charge in [-0.3, -0.25) is 14.6 Å². The lowest BCUT2D eigenvalue weighted by molar-refractivity contribution is -0.122. The summed E-state index contributed by atoms with van der Waals surface area (Å²) in [5.41, 5.74) is 4.88. The minimum absolute atomic E-state index is 0.0940. The number of carbonyl (C=O) groups is 1. The monoisotopic (exact) mass is 392 g/mol. The molecule has 1 heterocycles. The van der Waals surface area contributed by atoms with Gasteiger partial charge in [-0.2, -0.15) is 5.10 Å². The highest BCUT2D eigenvalue weighted by Gasteiger charge is 2.18. The maximum absolute atomic E-state index is 12.1. The molecule has 1 aliphatic rings. The summed E-state index contributed by atoms with van der Waals surface area (Å²) in [7, 11) is 1.64. The lowest BCUT2D eigenvalue weighted by atomic mass is 10.2. The van der Waals surface area contributed by atoms with Crippen LogP contribution in [0, 0.1) is 0 Å². The van der Waals surface area contributed by atoms with Gasteiger partial charge in [0.15, 0.2) is 0 Å². The molecule has 0 bridgehead atoms. The van der Waals surface area contributed by atoms with E-state index < -0.39 is 0 Å². The molecular formula is C23H28N4O2. The second kappa shape index (κ2) is 11.1. The molecule has 2 aromatic carbocycles. The Morgan fingerprint density at radius 1 is 1.03 bits per heavy atom. The number of nitrogens with one attached hydrogen (secondary N) is 1. The van der Waals surface area contributed by atoms with E-state index in [4.69, 9.17) is 4.74 Å². The third-order valence-corrected chi connectivity index (χ3v) is 4.85. The van der Waals surface area contributed by atoms with Crippen LogP contribution in [0.5, 0.6) is 5.75 Å². The lowest BCUT2D eigenvalue weighted by Gasteiger charge is -2.34. The molecule has 0 saturated carbocycles. The van der Waals surface area contributed by atoms with E-state index in [1.807, 2.05) is 36.4 Å². The highest BCUT2D eigenvalue weighted by molar-refractivity contribution is 5.82. The van der Waals surface area contributed by atoms with Gasteiger partial charge in [-0.1, -0.05) is 48.5 Å². The molecule has 152 valence electrons. The maximum atomic E-state index is 12.1. The molecule has 29 heavy (non-hydrogen) atoms. The van der Waals surface area contributed by atoms with E-state index in [1.54, 1.807) is 19.4 Å². The first-order chi connectivity index (χ1) is 14.2. The van der Waals surface area contributed by atoms with Gasteiger partial charge >= 0.3 is 0 Å². The zero-order valence-corrected chi connectivity index (χ0v) is 16.8. The molecule has 0 aromatic heterocycles. The average molecular weight is 393 g/mol. The number of allylic oxidation sites excluding steroid dienone is 1. The van der Waals surface area contributed by atoms with Crippen molar-refractivity contribution in [2.24, 2.45) is 5.10 Å². The van der Waals surface area contributed by atoms with Crippen LogP contribution < -0.4 is 10.2 Å². The van der Waals surface area contributed by atoms with Crippen LogP contribution in [-0.4, -0.2) is 61.8 Å². The number of hydrazone groups is 1. The number of rotatable bonds is 8. The number of benzene rings is 2. The van der Waals surface area contributed by atoms with Gasteiger partial charge in [-0.15, -0.1) is 0 Å². The Balaban J connectivity index is 1.36. The van der Waals surface area contributed by atoms with Crippen LogP contribution in [0.25, 0.3) is 6.08 Å². The summed E-state index contributed by atoms with van der Waals surface area (Å²) < 4.78 is 5.29. The first-order valence-corrected chi connectivity index (χ1v) is 9.85. The van der Waals surface area contributed by atoms with E-state index in [-0.39, 0.29) is 5.91 Å². The molecule has 1 aliphatic heterocycles. The number of ether oxygens (including phenoxy) is 1. The number of carbonyl (C=O) groups excluding carboxylic acids is 1. The number of hydrogen-bond acceptors (Lipinski definition) is 5. The molecule has 1 N–H and O–H groups in total. The van der Waals surface area contributed by atoms with E-state index in [9.17, 15) is 4.79 Å². The molecule has 0 unspecified atom stereocenters. The van der Waals surface area contributed by atoms with Gasteiger partial charge in [0.05, 0.1) is 13.7 Å². The minimum atomic E-state index is -0.0940. The second-order valence-electron chi connectivity index (χ2n) is 6.95. The summed E-state index contributed by atoms with van der Waals surface area (Å²) >= 11 is 0. The molecule has 1 amide bonds. The second-order valence-corrected chi connectivity index (χ2v) is 6.95. The quantitative estimate of drug-likeness (QED) is 0.554. The van der Waals surface area contributed by atoms with Crippen LogP contribution >= 0.6 is 0 Å². The molecular weight excluding hydrogens is 364 g/mol. The smallest absolute Gasteiger partial charge is 0.254 e. The summed E-state index contributed by atoms with van der Waals surface area (Å²) in [5.74, 6) is 0.705. The van der Waals surface area contributed by atoms with Crippen molar-refractivity contribution in [2.45, 2.75) is 6.54 Å². The lowest BCUT2D eigenvalue weighted by Crippen LogP contribution is -2.48. The Bertz CT molecular complexity index is 828. The van der Waals surface area contributed by atoms with Gasteiger partial charge in [0.25, 0.3) is 5.91 Å². The van der Waals surface area contributed by atoms with Crippen LogP contribution in [-0.2, 0) is 11.3 Å². The van der Waals surface area contributed by atoms with E-state index in [0.29, 0.717) is 6.54 Å². The van der Waals surface area contributed by atoms with Crippen molar-refractivity contribution in [3.63, 3.8) is 0 Å². The number of piperazine rings is 1. The fourth-order valence-electron chi connectivity index (χ4n) is 3.29. The van der Waals surface area contributed by atoms with Crippen molar-refractivity contribution in [1.29, 1.82) is 0 Å². The Labute approximate surface area is 172 Å². The number of methoxy groups -OCH3 is 1. The van der Waals surface area contributed by atoms with E-state index >= 15 is 0 Å². The van der Waals surface area contributed by atoms with Crippen molar-refractivity contribution in [3.05, 3.63) is 71.8 Å². The zero-order chi connectivity index (χ0) is 20.3. The molecule has 0 aliphatic carbocycles. The summed E-state index contributed by atoms with van der Waals surface area (Å²) in [6.07, 6.45) is 5.24. The Kier molecular flexibility index (Phi) is 7.98. The third kappa shape index (κ3) is 6.85. The zero-order valence-electron chi connectivity index (χ0n) is 16.8. The highest BCUT2D eigenvalue weighted by atomic mass is 16.5. The predicted octanol–water partition coefficient (Wildman–Crippen LogP) is 2.63. The summed E-state index contributed by atoms with van der Waals surface area (Å²) in [6, 6.07) is 18.2. The number of para-hydroxylation sites is 1. The number of hydrogen-bond donors (Lipinski definition) is 1. The van der Waals surface area contributed by atoms with Crippen molar-refractivity contribution in [1.82, 2.24) is 15.2 Å². The molecule has 0 spiro atoms. The fraction of sp³-hybridized carbons (Fsp3) is 0.304. The standard InChI is InChI=1S/C23H28N4O2/c1-29-22-12-6-5-10-21(22)11-7-13-24-25-23(28)19-27-16-14-26(15-17-27)18-20-8-3-2-4-9-20/h2-13H,14-19H2,1H3,(H,25,28)/b11-7+,24-13+. The Morgan fingerprint density at radius 2 is 1.72 bits per heavy atom. The summed E-state index contributed by atoms with van der Waals surface area (Å²) in [4.78, 5) is 16.7. The van der Waals surface area contributed by atoms with E-state index in [2.05, 4.69) is 44.6 Å². The van der Waals surface area contributed by atoms with Crippen molar-refractivity contribution < 1.29 is 9.53 Å². The van der Waals surface area contributed by atoms with Gasteiger partial charge in [-0.25, -0.2) is 5.43 Å². The Hall–Kier alpha value is -2.96. The largest absolute Gasteiger partial charge is 0.496 e. The highest BCUT2D eigenvalue weighted by Crippen LogP contribution is 2.18. The third-order valence-electron chi connectivity index (χ3n) is 4.85. The van der Waals surface area contributed by atoms with Gasteiger partial charge in [-0.05, 0) is 23.8 Å². The first-order valence-electron chi connectivity index (χ1n) is 9.85. The van der Waals surface area contributed by atoms with Gasteiger partial charge < -0.3 is 4.74 Å². The normalized spacial score (nSPS) is 15.8. The molecule has 1 fully saturated rings. The van der Waals surface area contributed by atoms with Crippen LogP contribution in [0.3, 0.4) is 0 Å². The van der Waals surface area contributed by atoms with Crippen LogP contribution in [0.1, 0.15) is 11.1 Å². The van der Waals surface area contributed by atoms with E-state index in [1.165, 1.54) is 5.56 Å². The Morgan fingerprint density at radius 3 is 2.48 bits per heavy atom. The van der Waals surface area contributed by atoms with Gasteiger partial charge in [0, 0.05) is 44.5 Å². The van der Waals surface area contributed by atoms with E-state index in [0.717, 1.165) is 44.0 Å². The van der Waals surface area contributed by atoms with Crippen LogP contribution in [0.4, 0.5) is 0 Å². The first kappa shape index (κ1) is 20.8. The maximum Gasteiger partial charge on any atom is 0.254 e. The minimum Gasteiger partial charge on any atom is -0.496 e. The molecule has 0 atom stereocenters. The molecule has 1 saturated heterocycles. The van der Waals surface area contributed by atoms with Crippen molar-refractivity contribution >= 4 is 18.2 Å². The molecule has 2 aromatic rings. The van der Waals surface area contributed by atoms with Crippen LogP contribution in [0.15, 0.2) is 65.8 Å². The molecule has 6 nitrogen and oxygen atoms in total. The number of amides is 1. The van der Waals surface area contributed by atoms with Crippen molar-refractivity contribution in [3.8, 4) is 5.75 Å². The fourth-order valence-corrected chi connectivity index (χ4v) is 3.29. The summed E-state index contributed by atoms with van der Waals surface area (Å²) in [6.45, 7) is 5.03. The topological polar surface area (TPSA) is 57.2 Å².